The molecule has 0 aromatic heterocycles. The van der Waals surface area contributed by atoms with E-state index >= 15 is 0 Å². The Balaban J connectivity index is 2.93. The average molecular weight is 212 g/mol. The maximum Gasteiger partial charge on any atom is 0.273 e. The second kappa shape index (κ2) is 5.16. The van der Waals surface area contributed by atoms with Crippen molar-refractivity contribution in [2.24, 2.45) is 5.73 Å². The summed E-state index contributed by atoms with van der Waals surface area (Å²) in [5.41, 5.74) is 5.24. The van der Waals surface area contributed by atoms with Gasteiger partial charge in [0.2, 0.25) is 0 Å². The Kier molecular flexibility index (Phi) is 3.87. The second-order valence-corrected chi connectivity index (χ2v) is 2.73. The summed E-state index contributed by atoms with van der Waals surface area (Å²) in [5, 5.41) is 10.5. The van der Waals surface area contributed by atoms with Gasteiger partial charge in [-0.2, -0.15) is 0 Å². The van der Waals surface area contributed by atoms with E-state index in [2.05, 4.69) is 0 Å². The number of nitro benzene ring substituents is 1. The van der Waals surface area contributed by atoms with Crippen molar-refractivity contribution >= 4 is 5.69 Å². The summed E-state index contributed by atoms with van der Waals surface area (Å²) < 4.78 is 10.2. The number of nitrogens with zero attached hydrogens (tertiary/aromatic N) is 1. The zero-order chi connectivity index (χ0) is 11.3. The van der Waals surface area contributed by atoms with Gasteiger partial charge in [0.05, 0.1) is 18.1 Å². The molecule has 2 N–H and O–H groups in total. The van der Waals surface area contributed by atoms with E-state index in [-0.39, 0.29) is 5.69 Å². The van der Waals surface area contributed by atoms with Crippen LogP contribution in [-0.4, -0.2) is 25.2 Å². The molecule has 0 bridgehead atoms. The molecule has 82 valence electrons. The number of non-ortho nitro benzene ring substituents is 1. The molecule has 0 saturated heterocycles. The van der Waals surface area contributed by atoms with E-state index < -0.39 is 4.92 Å². The van der Waals surface area contributed by atoms with E-state index in [0.717, 1.165) is 0 Å². The Morgan fingerprint density at radius 3 is 2.73 bits per heavy atom. The monoisotopic (exact) mass is 212 g/mol. The Morgan fingerprint density at radius 1 is 1.47 bits per heavy atom. The SMILES string of the molecule is COc1cc([N+](=O)[O-])ccc1OCCN. The van der Waals surface area contributed by atoms with Crippen LogP contribution in [0.25, 0.3) is 0 Å². The maximum atomic E-state index is 10.5. The highest BCUT2D eigenvalue weighted by molar-refractivity contribution is 5.48. The molecule has 0 atom stereocenters. The molecule has 1 aromatic rings. The molecule has 1 aromatic carbocycles. The van der Waals surface area contributed by atoms with Crippen LogP contribution < -0.4 is 15.2 Å². The van der Waals surface area contributed by atoms with Crippen LogP contribution in [0.15, 0.2) is 18.2 Å². The van der Waals surface area contributed by atoms with Gasteiger partial charge in [-0.05, 0) is 6.07 Å². The lowest BCUT2D eigenvalue weighted by Gasteiger charge is -2.08. The molecule has 0 aliphatic carbocycles. The molecular formula is C9H12N2O4. The number of hydrogen-bond donors (Lipinski definition) is 1. The van der Waals surface area contributed by atoms with Crippen LogP contribution >= 0.6 is 0 Å². The smallest absolute Gasteiger partial charge is 0.273 e. The van der Waals surface area contributed by atoms with Crippen molar-refractivity contribution in [1.29, 1.82) is 0 Å². The fourth-order valence-electron chi connectivity index (χ4n) is 1.06. The predicted molar refractivity (Wildman–Crippen MR) is 54.2 cm³/mol. The van der Waals surface area contributed by atoms with Crippen molar-refractivity contribution in [1.82, 2.24) is 0 Å². The summed E-state index contributed by atoms with van der Waals surface area (Å²) in [6.45, 7) is 0.717. The number of benzene rings is 1. The van der Waals surface area contributed by atoms with Crippen LogP contribution in [0.2, 0.25) is 0 Å². The molecule has 1 rings (SSSR count). The molecule has 0 heterocycles. The van der Waals surface area contributed by atoms with Crippen molar-refractivity contribution in [3.05, 3.63) is 28.3 Å². The van der Waals surface area contributed by atoms with Gasteiger partial charge < -0.3 is 15.2 Å². The second-order valence-electron chi connectivity index (χ2n) is 2.73. The Labute approximate surface area is 86.7 Å². The molecule has 0 aliphatic rings. The highest BCUT2D eigenvalue weighted by Crippen LogP contribution is 2.30. The van der Waals surface area contributed by atoms with Gasteiger partial charge in [-0.15, -0.1) is 0 Å². The molecule has 6 heteroatoms. The molecule has 0 aliphatic heterocycles. The topological polar surface area (TPSA) is 87.6 Å². The minimum atomic E-state index is -0.491. The Bertz CT molecular complexity index is 354. The zero-order valence-electron chi connectivity index (χ0n) is 8.30. The number of rotatable bonds is 5. The standard InChI is InChI=1S/C9H12N2O4/c1-14-9-6-7(11(12)13)2-3-8(9)15-5-4-10/h2-3,6H,4-5,10H2,1H3. The summed E-state index contributed by atoms with van der Waals surface area (Å²) in [7, 11) is 1.42. The van der Waals surface area contributed by atoms with Crippen molar-refractivity contribution < 1.29 is 14.4 Å². The van der Waals surface area contributed by atoms with Crippen LogP contribution in [0.1, 0.15) is 0 Å². The highest BCUT2D eigenvalue weighted by atomic mass is 16.6. The van der Waals surface area contributed by atoms with Gasteiger partial charge in [0.1, 0.15) is 6.61 Å². The molecular weight excluding hydrogens is 200 g/mol. The van der Waals surface area contributed by atoms with Crippen LogP contribution in [-0.2, 0) is 0 Å². The van der Waals surface area contributed by atoms with Crippen LogP contribution in [0, 0.1) is 10.1 Å². The molecule has 0 radical (unpaired) electrons. The minimum absolute atomic E-state index is 0.0352. The molecule has 0 unspecified atom stereocenters. The first-order valence-electron chi connectivity index (χ1n) is 4.34. The van der Waals surface area contributed by atoms with Gasteiger partial charge in [-0.3, -0.25) is 10.1 Å². The molecule has 0 spiro atoms. The molecule has 15 heavy (non-hydrogen) atoms. The van der Waals surface area contributed by atoms with E-state index in [4.69, 9.17) is 15.2 Å². The Hall–Kier alpha value is -1.82. The lowest BCUT2D eigenvalue weighted by Crippen LogP contribution is -2.11. The summed E-state index contributed by atoms with van der Waals surface area (Å²) in [4.78, 5) is 9.99. The normalized spacial score (nSPS) is 9.73. The number of nitro groups is 1. The number of methoxy groups -OCH3 is 1. The summed E-state index contributed by atoms with van der Waals surface area (Å²) >= 11 is 0. The van der Waals surface area contributed by atoms with Gasteiger partial charge in [-0.25, -0.2) is 0 Å². The lowest BCUT2D eigenvalue weighted by molar-refractivity contribution is -0.384. The third kappa shape index (κ3) is 2.81. The minimum Gasteiger partial charge on any atom is -0.493 e. The van der Waals surface area contributed by atoms with Crippen molar-refractivity contribution in [2.75, 3.05) is 20.3 Å². The summed E-state index contributed by atoms with van der Waals surface area (Å²) in [6, 6.07) is 4.16. The van der Waals surface area contributed by atoms with Crippen LogP contribution in [0.3, 0.4) is 0 Å². The van der Waals surface area contributed by atoms with Crippen molar-refractivity contribution in [3.63, 3.8) is 0 Å². The zero-order valence-corrected chi connectivity index (χ0v) is 8.30. The number of nitrogens with two attached hydrogens (primary N) is 1. The predicted octanol–water partition coefficient (Wildman–Crippen LogP) is 0.941. The van der Waals surface area contributed by atoms with Gasteiger partial charge in [0, 0.05) is 12.6 Å². The third-order valence-corrected chi connectivity index (χ3v) is 1.73. The van der Waals surface area contributed by atoms with Crippen molar-refractivity contribution in [3.8, 4) is 11.5 Å². The third-order valence-electron chi connectivity index (χ3n) is 1.73. The van der Waals surface area contributed by atoms with Gasteiger partial charge >= 0.3 is 0 Å². The fourth-order valence-corrected chi connectivity index (χ4v) is 1.06. The average Bonchev–Trinajstić information content (AvgIpc) is 2.25. The molecule has 6 nitrogen and oxygen atoms in total. The van der Waals surface area contributed by atoms with E-state index in [1.165, 1.54) is 25.3 Å². The lowest BCUT2D eigenvalue weighted by atomic mass is 10.3. The van der Waals surface area contributed by atoms with E-state index in [9.17, 15) is 10.1 Å². The first kappa shape index (κ1) is 11.3. The van der Waals surface area contributed by atoms with Crippen LogP contribution in [0.5, 0.6) is 11.5 Å². The first-order chi connectivity index (χ1) is 7.19. The molecule has 0 saturated carbocycles. The fraction of sp³-hybridized carbons (Fsp3) is 0.333. The van der Waals surface area contributed by atoms with Gasteiger partial charge in [0.25, 0.3) is 5.69 Å². The quantitative estimate of drug-likeness (QED) is 0.579. The molecule has 0 fully saturated rings. The van der Waals surface area contributed by atoms with E-state index in [1.807, 2.05) is 0 Å². The van der Waals surface area contributed by atoms with Gasteiger partial charge in [-0.1, -0.05) is 0 Å². The van der Waals surface area contributed by atoms with E-state index in [0.29, 0.717) is 24.7 Å². The van der Waals surface area contributed by atoms with Gasteiger partial charge in [0.15, 0.2) is 11.5 Å². The van der Waals surface area contributed by atoms with Crippen LogP contribution in [0.4, 0.5) is 5.69 Å². The maximum absolute atomic E-state index is 10.5. The van der Waals surface area contributed by atoms with Crippen molar-refractivity contribution in [2.45, 2.75) is 0 Å². The van der Waals surface area contributed by atoms with E-state index in [1.54, 1.807) is 0 Å². The summed E-state index contributed by atoms with van der Waals surface area (Å²) in [6.07, 6.45) is 0. The number of hydrogen-bond acceptors (Lipinski definition) is 5. The Morgan fingerprint density at radius 2 is 2.20 bits per heavy atom. The first-order valence-corrected chi connectivity index (χ1v) is 4.34. The molecule has 0 amide bonds. The highest BCUT2D eigenvalue weighted by Gasteiger charge is 2.11. The largest absolute Gasteiger partial charge is 0.493 e. The summed E-state index contributed by atoms with van der Waals surface area (Å²) in [5.74, 6) is 0.784. The number of ether oxygens (including phenoxy) is 2.